The van der Waals surface area contributed by atoms with Crippen molar-refractivity contribution < 1.29 is 14.3 Å². The van der Waals surface area contributed by atoms with Crippen LogP contribution in [0.1, 0.15) is 12.0 Å². The van der Waals surface area contributed by atoms with E-state index < -0.39 is 0 Å². The van der Waals surface area contributed by atoms with Crippen molar-refractivity contribution in [1.29, 1.82) is 0 Å². The fraction of sp³-hybridized carbons (Fsp3) is 0.462. The summed E-state index contributed by atoms with van der Waals surface area (Å²) in [6.45, 7) is 3.95. The third-order valence-electron chi connectivity index (χ3n) is 2.27. The van der Waals surface area contributed by atoms with Crippen LogP contribution in [0.25, 0.3) is 0 Å². The van der Waals surface area contributed by atoms with E-state index in [4.69, 9.17) is 4.74 Å². The molecule has 17 heavy (non-hydrogen) atoms. The van der Waals surface area contributed by atoms with E-state index in [-0.39, 0.29) is 5.97 Å². The van der Waals surface area contributed by atoms with Gasteiger partial charge in [0, 0.05) is 13.1 Å². The van der Waals surface area contributed by atoms with Gasteiger partial charge < -0.3 is 14.8 Å². The predicted octanol–water partition coefficient (Wildman–Crippen LogP) is 1.53. The lowest BCUT2D eigenvalue weighted by molar-refractivity contribution is -0.140. The number of aryl methyl sites for hydroxylation is 1. The van der Waals surface area contributed by atoms with Gasteiger partial charge in [-0.2, -0.15) is 0 Å². The topological polar surface area (TPSA) is 47.6 Å². The quantitative estimate of drug-likeness (QED) is 0.577. The number of rotatable bonds is 7. The zero-order valence-electron chi connectivity index (χ0n) is 10.4. The summed E-state index contributed by atoms with van der Waals surface area (Å²) >= 11 is 0. The van der Waals surface area contributed by atoms with Crippen LogP contribution in [-0.4, -0.2) is 32.8 Å². The van der Waals surface area contributed by atoms with E-state index in [2.05, 4.69) is 10.1 Å². The van der Waals surface area contributed by atoms with Crippen molar-refractivity contribution in [2.45, 2.75) is 13.3 Å². The summed E-state index contributed by atoms with van der Waals surface area (Å²) in [7, 11) is 1.39. The molecule has 0 atom stereocenters. The van der Waals surface area contributed by atoms with Gasteiger partial charge in [0.15, 0.2) is 0 Å². The van der Waals surface area contributed by atoms with Crippen molar-refractivity contribution in [2.24, 2.45) is 0 Å². The van der Waals surface area contributed by atoms with Gasteiger partial charge in [0.2, 0.25) is 0 Å². The lowest BCUT2D eigenvalue weighted by Gasteiger charge is -2.07. The smallest absolute Gasteiger partial charge is 0.306 e. The highest BCUT2D eigenvalue weighted by molar-refractivity contribution is 5.69. The second-order valence-corrected chi connectivity index (χ2v) is 3.74. The number of esters is 1. The molecule has 0 amide bonds. The van der Waals surface area contributed by atoms with Gasteiger partial charge >= 0.3 is 5.97 Å². The van der Waals surface area contributed by atoms with Crippen molar-refractivity contribution in [3.8, 4) is 5.75 Å². The van der Waals surface area contributed by atoms with Crippen LogP contribution in [0.3, 0.4) is 0 Å². The Morgan fingerprint density at radius 1 is 1.35 bits per heavy atom. The van der Waals surface area contributed by atoms with Crippen LogP contribution in [0.5, 0.6) is 5.75 Å². The maximum Gasteiger partial charge on any atom is 0.306 e. The molecule has 0 heterocycles. The van der Waals surface area contributed by atoms with E-state index in [1.165, 1.54) is 12.7 Å². The first-order valence-corrected chi connectivity index (χ1v) is 5.69. The Labute approximate surface area is 102 Å². The number of nitrogens with one attached hydrogen (secondary N) is 1. The second-order valence-electron chi connectivity index (χ2n) is 3.74. The highest BCUT2D eigenvalue weighted by atomic mass is 16.5. The van der Waals surface area contributed by atoms with E-state index in [1.54, 1.807) is 0 Å². The molecule has 4 nitrogen and oxygen atoms in total. The van der Waals surface area contributed by atoms with E-state index in [9.17, 15) is 4.79 Å². The predicted molar refractivity (Wildman–Crippen MR) is 66.2 cm³/mol. The molecule has 1 aromatic rings. The molecule has 0 saturated heterocycles. The average molecular weight is 237 g/mol. The summed E-state index contributed by atoms with van der Waals surface area (Å²) in [5.41, 5.74) is 1.18. The van der Waals surface area contributed by atoms with Gasteiger partial charge in [0.05, 0.1) is 13.5 Å². The molecule has 0 saturated carbocycles. The van der Waals surface area contributed by atoms with Crippen LogP contribution in [-0.2, 0) is 9.53 Å². The fourth-order valence-corrected chi connectivity index (χ4v) is 1.36. The first kappa shape index (κ1) is 13.5. The van der Waals surface area contributed by atoms with E-state index >= 15 is 0 Å². The molecule has 0 aromatic heterocycles. The monoisotopic (exact) mass is 237 g/mol. The van der Waals surface area contributed by atoms with Crippen LogP contribution in [0.15, 0.2) is 24.3 Å². The molecule has 0 aliphatic carbocycles. The summed E-state index contributed by atoms with van der Waals surface area (Å²) in [4.78, 5) is 10.8. The summed E-state index contributed by atoms with van der Waals surface area (Å²) < 4.78 is 10.1. The molecule has 1 N–H and O–H groups in total. The number of hydrogen-bond donors (Lipinski definition) is 1. The van der Waals surface area contributed by atoms with Gasteiger partial charge in [-0.25, -0.2) is 0 Å². The van der Waals surface area contributed by atoms with Crippen molar-refractivity contribution in [2.75, 3.05) is 26.8 Å². The van der Waals surface area contributed by atoms with Gasteiger partial charge in [-0.3, -0.25) is 4.79 Å². The number of benzene rings is 1. The number of carbonyl (C=O) groups is 1. The first-order valence-electron chi connectivity index (χ1n) is 5.69. The molecule has 4 heteroatoms. The van der Waals surface area contributed by atoms with E-state index in [1.807, 2.05) is 31.2 Å². The van der Waals surface area contributed by atoms with Gasteiger partial charge in [0.25, 0.3) is 0 Å². The summed E-state index contributed by atoms with van der Waals surface area (Å²) in [5.74, 6) is 0.678. The van der Waals surface area contributed by atoms with Crippen molar-refractivity contribution in [1.82, 2.24) is 5.32 Å². The third kappa shape index (κ3) is 5.92. The fourth-order valence-electron chi connectivity index (χ4n) is 1.36. The maximum atomic E-state index is 10.8. The van der Waals surface area contributed by atoms with Gasteiger partial charge in [-0.05, 0) is 24.6 Å². The maximum absolute atomic E-state index is 10.8. The van der Waals surface area contributed by atoms with Crippen LogP contribution in [0, 0.1) is 6.92 Å². The van der Waals surface area contributed by atoms with Crippen molar-refractivity contribution >= 4 is 5.97 Å². The molecule has 94 valence electrons. The molecule has 0 spiro atoms. The zero-order valence-corrected chi connectivity index (χ0v) is 10.4. The van der Waals surface area contributed by atoms with Crippen LogP contribution >= 0.6 is 0 Å². The largest absolute Gasteiger partial charge is 0.492 e. The minimum absolute atomic E-state index is 0.197. The lowest BCUT2D eigenvalue weighted by Crippen LogP contribution is -2.24. The lowest BCUT2D eigenvalue weighted by atomic mass is 10.2. The van der Waals surface area contributed by atoms with E-state index in [0.717, 1.165) is 5.75 Å². The molecule has 0 radical (unpaired) electrons. The minimum atomic E-state index is -0.197. The first-order chi connectivity index (χ1) is 8.22. The van der Waals surface area contributed by atoms with Crippen LogP contribution in [0.4, 0.5) is 0 Å². The minimum Gasteiger partial charge on any atom is -0.492 e. The molecular formula is C13H19NO3. The Hall–Kier alpha value is -1.55. The zero-order chi connectivity index (χ0) is 12.5. The summed E-state index contributed by atoms with van der Waals surface area (Å²) in [5, 5.41) is 3.11. The Morgan fingerprint density at radius 3 is 2.88 bits per heavy atom. The molecule has 1 rings (SSSR count). The molecule has 0 unspecified atom stereocenters. The Bertz CT molecular complexity index is 352. The molecule has 0 fully saturated rings. The van der Waals surface area contributed by atoms with Gasteiger partial charge in [0.1, 0.15) is 12.4 Å². The summed E-state index contributed by atoms with van der Waals surface area (Å²) in [6, 6.07) is 7.92. The van der Waals surface area contributed by atoms with Gasteiger partial charge in [-0.15, -0.1) is 0 Å². The Morgan fingerprint density at radius 2 is 2.18 bits per heavy atom. The molecule has 0 aliphatic heterocycles. The Balaban J connectivity index is 2.06. The Kier molecular flexibility index (Phi) is 6.10. The second kappa shape index (κ2) is 7.68. The van der Waals surface area contributed by atoms with Crippen molar-refractivity contribution in [3.63, 3.8) is 0 Å². The number of hydrogen-bond acceptors (Lipinski definition) is 4. The standard InChI is InChI=1S/C13H19NO3/c1-11-4-3-5-12(10-11)17-9-8-14-7-6-13(15)16-2/h3-5,10,14H,6-9H2,1-2H3. The molecule has 1 aromatic carbocycles. The molecule has 0 aliphatic rings. The average Bonchev–Trinajstić information content (AvgIpc) is 2.33. The highest BCUT2D eigenvalue weighted by Crippen LogP contribution is 2.11. The van der Waals surface area contributed by atoms with Gasteiger partial charge in [-0.1, -0.05) is 12.1 Å². The number of methoxy groups -OCH3 is 1. The molecular weight excluding hydrogens is 218 g/mol. The normalized spacial score (nSPS) is 10.0. The highest BCUT2D eigenvalue weighted by Gasteiger charge is 1.98. The number of carbonyl (C=O) groups excluding carboxylic acids is 1. The summed E-state index contributed by atoms with van der Waals surface area (Å²) in [6.07, 6.45) is 0.390. The van der Waals surface area contributed by atoms with Crippen LogP contribution in [0.2, 0.25) is 0 Å². The third-order valence-corrected chi connectivity index (χ3v) is 2.27. The van der Waals surface area contributed by atoms with Crippen molar-refractivity contribution in [3.05, 3.63) is 29.8 Å². The van der Waals surface area contributed by atoms with Crippen LogP contribution < -0.4 is 10.1 Å². The van der Waals surface area contributed by atoms with E-state index in [0.29, 0.717) is 26.1 Å². The SMILES string of the molecule is COC(=O)CCNCCOc1cccc(C)c1. The number of ether oxygens (including phenoxy) is 2. The molecule has 0 bridgehead atoms.